The van der Waals surface area contributed by atoms with E-state index in [1.807, 2.05) is 27.7 Å². The largest absolute Gasteiger partial charge is 0.347 e. The highest BCUT2D eigenvalue weighted by atomic mass is 35.5. The van der Waals surface area contributed by atoms with Crippen molar-refractivity contribution >= 4 is 29.1 Å². The van der Waals surface area contributed by atoms with E-state index < -0.39 is 0 Å². The predicted octanol–water partition coefficient (Wildman–Crippen LogP) is 4.43. The summed E-state index contributed by atoms with van der Waals surface area (Å²) < 4.78 is 0. The third-order valence-corrected chi connectivity index (χ3v) is 3.55. The fourth-order valence-corrected chi connectivity index (χ4v) is 2.40. The molecule has 4 nitrogen and oxygen atoms in total. The number of carbonyl (C=O) groups is 2. The second kappa shape index (κ2) is 7.05. The highest BCUT2D eigenvalue weighted by molar-refractivity contribution is 6.30. The molecule has 0 aliphatic rings. The SMILES string of the molecule is Cc1cc(Cl)ccc1NC(=O)c1cccc(C(=O)NC(C)(C)C)c1. The molecule has 0 aromatic heterocycles. The van der Waals surface area contributed by atoms with Crippen molar-refractivity contribution in [3.05, 3.63) is 64.2 Å². The second-order valence-electron chi connectivity index (χ2n) is 6.70. The maximum Gasteiger partial charge on any atom is 0.255 e. The zero-order chi connectivity index (χ0) is 17.9. The van der Waals surface area contributed by atoms with Gasteiger partial charge in [-0.1, -0.05) is 17.7 Å². The first-order chi connectivity index (χ1) is 11.2. The van der Waals surface area contributed by atoms with E-state index in [2.05, 4.69) is 10.6 Å². The van der Waals surface area contributed by atoms with Crippen LogP contribution in [0, 0.1) is 6.92 Å². The number of rotatable bonds is 3. The lowest BCUT2D eigenvalue weighted by Crippen LogP contribution is -2.40. The molecule has 2 N–H and O–H groups in total. The molecule has 2 rings (SSSR count). The van der Waals surface area contributed by atoms with Crippen LogP contribution in [0.25, 0.3) is 0 Å². The monoisotopic (exact) mass is 344 g/mol. The van der Waals surface area contributed by atoms with Crippen molar-refractivity contribution in [2.24, 2.45) is 0 Å². The molecule has 0 fully saturated rings. The molecule has 0 aliphatic carbocycles. The minimum absolute atomic E-state index is 0.208. The zero-order valence-electron chi connectivity index (χ0n) is 14.2. The molecule has 24 heavy (non-hydrogen) atoms. The molecule has 0 saturated heterocycles. The quantitative estimate of drug-likeness (QED) is 0.865. The summed E-state index contributed by atoms with van der Waals surface area (Å²) in [5.41, 5.74) is 2.10. The smallest absolute Gasteiger partial charge is 0.255 e. The van der Waals surface area contributed by atoms with E-state index >= 15 is 0 Å². The average molecular weight is 345 g/mol. The highest BCUT2D eigenvalue weighted by Gasteiger charge is 2.16. The summed E-state index contributed by atoms with van der Waals surface area (Å²) in [6, 6.07) is 11.9. The Kier molecular flexibility index (Phi) is 5.30. The lowest BCUT2D eigenvalue weighted by Gasteiger charge is -2.20. The van der Waals surface area contributed by atoms with Crippen LogP contribution in [0.3, 0.4) is 0 Å². The van der Waals surface area contributed by atoms with E-state index in [0.29, 0.717) is 21.8 Å². The highest BCUT2D eigenvalue weighted by Crippen LogP contribution is 2.20. The maximum atomic E-state index is 12.4. The van der Waals surface area contributed by atoms with E-state index in [1.165, 1.54) is 0 Å². The van der Waals surface area contributed by atoms with Gasteiger partial charge in [0.05, 0.1) is 0 Å². The maximum absolute atomic E-state index is 12.4. The molecule has 0 radical (unpaired) electrons. The molecule has 126 valence electrons. The summed E-state index contributed by atoms with van der Waals surface area (Å²) in [5.74, 6) is -0.481. The van der Waals surface area contributed by atoms with Gasteiger partial charge in [-0.05, 0) is 69.7 Å². The predicted molar refractivity (Wildman–Crippen MR) is 97.8 cm³/mol. The van der Waals surface area contributed by atoms with Crippen LogP contribution in [0.15, 0.2) is 42.5 Å². The molecular weight excluding hydrogens is 324 g/mol. The first-order valence-corrected chi connectivity index (χ1v) is 8.03. The number of amides is 2. The molecule has 5 heteroatoms. The van der Waals surface area contributed by atoms with Crippen LogP contribution in [-0.2, 0) is 0 Å². The Balaban J connectivity index is 2.18. The molecule has 0 saturated carbocycles. The normalized spacial score (nSPS) is 11.0. The van der Waals surface area contributed by atoms with Crippen LogP contribution in [0.4, 0.5) is 5.69 Å². The summed E-state index contributed by atoms with van der Waals surface area (Å²) in [5, 5.41) is 6.34. The molecule has 0 atom stereocenters. The molecule has 2 amide bonds. The molecule has 2 aromatic rings. The third kappa shape index (κ3) is 4.83. The van der Waals surface area contributed by atoms with Crippen LogP contribution in [0.1, 0.15) is 47.1 Å². The molecule has 2 aromatic carbocycles. The van der Waals surface area contributed by atoms with E-state index in [1.54, 1.807) is 42.5 Å². The van der Waals surface area contributed by atoms with Crippen molar-refractivity contribution in [2.45, 2.75) is 33.2 Å². The van der Waals surface area contributed by atoms with Gasteiger partial charge in [-0.25, -0.2) is 0 Å². The Labute approximate surface area is 147 Å². The summed E-state index contributed by atoms with van der Waals surface area (Å²) in [6.07, 6.45) is 0. The summed E-state index contributed by atoms with van der Waals surface area (Å²) in [4.78, 5) is 24.7. The summed E-state index contributed by atoms with van der Waals surface area (Å²) >= 11 is 5.92. The van der Waals surface area contributed by atoms with E-state index in [-0.39, 0.29) is 17.4 Å². The van der Waals surface area contributed by atoms with E-state index in [9.17, 15) is 9.59 Å². The minimum Gasteiger partial charge on any atom is -0.347 e. The molecule has 0 unspecified atom stereocenters. The zero-order valence-corrected chi connectivity index (χ0v) is 15.0. The van der Waals surface area contributed by atoms with Crippen molar-refractivity contribution in [3.63, 3.8) is 0 Å². The molecule has 0 heterocycles. The number of hydrogen-bond donors (Lipinski definition) is 2. The van der Waals surface area contributed by atoms with Crippen molar-refractivity contribution < 1.29 is 9.59 Å². The second-order valence-corrected chi connectivity index (χ2v) is 7.13. The van der Waals surface area contributed by atoms with Crippen LogP contribution >= 0.6 is 11.6 Å². The lowest BCUT2D eigenvalue weighted by molar-refractivity contribution is 0.0919. The van der Waals surface area contributed by atoms with Crippen LogP contribution in [0.2, 0.25) is 5.02 Å². The molecule has 0 aliphatic heterocycles. The number of anilines is 1. The van der Waals surface area contributed by atoms with Gasteiger partial charge in [0.1, 0.15) is 0 Å². The Morgan fingerprint density at radius 3 is 2.17 bits per heavy atom. The third-order valence-electron chi connectivity index (χ3n) is 3.31. The average Bonchev–Trinajstić information content (AvgIpc) is 2.48. The van der Waals surface area contributed by atoms with E-state index in [4.69, 9.17) is 11.6 Å². The topological polar surface area (TPSA) is 58.2 Å². The lowest BCUT2D eigenvalue weighted by atomic mass is 10.1. The summed E-state index contributed by atoms with van der Waals surface area (Å²) in [6.45, 7) is 7.59. The van der Waals surface area contributed by atoms with Crippen LogP contribution in [-0.4, -0.2) is 17.4 Å². The Bertz CT molecular complexity index is 779. The van der Waals surface area contributed by atoms with Gasteiger partial charge in [0.15, 0.2) is 0 Å². The van der Waals surface area contributed by atoms with Gasteiger partial charge in [-0.2, -0.15) is 0 Å². The fourth-order valence-electron chi connectivity index (χ4n) is 2.18. The number of benzene rings is 2. The molecule has 0 spiro atoms. The Hall–Kier alpha value is -2.33. The van der Waals surface area contributed by atoms with Crippen molar-refractivity contribution in [1.29, 1.82) is 0 Å². The number of carbonyl (C=O) groups excluding carboxylic acids is 2. The number of hydrogen-bond acceptors (Lipinski definition) is 2. The van der Waals surface area contributed by atoms with Crippen LogP contribution in [0.5, 0.6) is 0 Å². The van der Waals surface area contributed by atoms with Crippen molar-refractivity contribution in [3.8, 4) is 0 Å². The number of halogens is 1. The van der Waals surface area contributed by atoms with Crippen molar-refractivity contribution in [1.82, 2.24) is 5.32 Å². The fraction of sp³-hybridized carbons (Fsp3) is 0.263. The number of nitrogens with one attached hydrogen (secondary N) is 2. The van der Waals surface area contributed by atoms with Gasteiger partial charge in [-0.15, -0.1) is 0 Å². The molecule has 0 bridgehead atoms. The number of aryl methyl sites for hydroxylation is 1. The van der Waals surface area contributed by atoms with Gasteiger partial charge in [0.25, 0.3) is 11.8 Å². The van der Waals surface area contributed by atoms with Gasteiger partial charge < -0.3 is 10.6 Å². The summed E-state index contributed by atoms with van der Waals surface area (Å²) in [7, 11) is 0. The van der Waals surface area contributed by atoms with Gasteiger partial charge in [-0.3, -0.25) is 9.59 Å². The van der Waals surface area contributed by atoms with E-state index in [0.717, 1.165) is 5.56 Å². The molecular formula is C19H21ClN2O2. The van der Waals surface area contributed by atoms with Gasteiger partial charge in [0.2, 0.25) is 0 Å². The first-order valence-electron chi connectivity index (χ1n) is 7.66. The Morgan fingerprint density at radius 2 is 1.58 bits per heavy atom. The minimum atomic E-state index is -0.338. The van der Waals surface area contributed by atoms with Crippen molar-refractivity contribution in [2.75, 3.05) is 5.32 Å². The van der Waals surface area contributed by atoms with Gasteiger partial charge >= 0.3 is 0 Å². The first kappa shape index (κ1) is 18.0. The standard InChI is InChI=1S/C19H21ClN2O2/c1-12-10-15(20)8-9-16(12)21-17(23)13-6-5-7-14(11-13)18(24)22-19(2,3)4/h5-11H,1-4H3,(H,21,23)(H,22,24). The van der Waals surface area contributed by atoms with Crippen LogP contribution < -0.4 is 10.6 Å². The van der Waals surface area contributed by atoms with Gasteiger partial charge in [0, 0.05) is 27.4 Å². The Morgan fingerprint density at radius 1 is 0.958 bits per heavy atom.